The number of amides is 1. The maximum Gasteiger partial charge on any atom is 0.268 e. The SMILES string of the molecule is CCC1Cn2c(C(=O)NCCOC)cc3c(Cl)ccc(c32)O1. The van der Waals surface area contributed by atoms with Gasteiger partial charge in [-0.25, -0.2) is 0 Å². The van der Waals surface area contributed by atoms with Gasteiger partial charge in [0.05, 0.1) is 23.7 Å². The van der Waals surface area contributed by atoms with Crippen LogP contribution in [-0.2, 0) is 11.3 Å². The average molecular weight is 323 g/mol. The topological polar surface area (TPSA) is 52.5 Å². The van der Waals surface area contributed by atoms with Crippen molar-refractivity contribution in [3.8, 4) is 5.75 Å². The van der Waals surface area contributed by atoms with Gasteiger partial charge in [-0.2, -0.15) is 0 Å². The molecule has 6 heteroatoms. The number of nitrogens with zero attached hydrogens (tertiary/aromatic N) is 1. The Hall–Kier alpha value is -1.72. The van der Waals surface area contributed by atoms with Gasteiger partial charge >= 0.3 is 0 Å². The Morgan fingerprint density at radius 3 is 3.09 bits per heavy atom. The first-order valence-electron chi connectivity index (χ1n) is 7.41. The highest BCUT2D eigenvalue weighted by Gasteiger charge is 2.26. The maximum absolute atomic E-state index is 12.4. The number of benzene rings is 1. The monoisotopic (exact) mass is 322 g/mol. The fourth-order valence-electron chi connectivity index (χ4n) is 2.78. The molecule has 1 aliphatic rings. The van der Waals surface area contributed by atoms with Crippen LogP contribution in [-0.4, -0.2) is 36.8 Å². The Morgan fingerprint density at radius 2 is 2.36 bits per heavy atom. The standard InChI is InChI=1S/C16H19ClN2O3/c1-3-10-9-19-13(16(20)18-6-7-21-2)8-11-12(17)4-5-14(22-10)15(11)19/h4-5,8,10H,3,6-7,9H2,1-2H3,(H,18,20). The Labute approximate surface area is 134 Å². The lowest BCUT2D eigenvalue weighted by Crippen LogP contribution is -2.32. The molecular weight excluding hydrogens is 304 g/mol. The van der Waals surface area contributed by atoms with Crippen LogP contribution in [0, 0.1) is 0 Å². The van der Waals surface area contributed by atoms with Crippen LogP contribution in [0.1, 0.15) is 23.8 Å². The molecule has 2 heterocycles. The molecule has 1 atom stereocenters. The van der Waals surface area contributed by atoms with Gasteiger partial charge in [0, 0.05) is 19.0 Å². The number of hydrogen-bond acceptors (Lipinski definition) is 3. The van der Waals surface area contributed by atoms with Gasteiger partial charge < -0.3 is 19.4 Å². The number of methoxy groups -OCH3 is 1. The molecular formula is C16H19ClN2O3. The number of ether oxygens (including phenoxy) is 2. The summed E-state index contributed by atoms with van der Waals surface area (Å²) in [4.78, 5) is 12.4. The lowest BCUT2D eigenvalue weighted by Gasteiger charge is -2.26. The first-order chi connectivity index (χ1) is 10.7. The summed E-state index contributed by atoms with van der Waals surface area (Å²) in [5, 5.41) is 4.34. The molecule has 118 valence electrons. The molecule has 1 unspecified atom stereocenters. The fourth-order valence-corrected chi connectivity index (χ4v) is 2.98. The minimum Gasteiger partial charge on any atom is -0.486 e. The smallest absolute Gasteiger partial charge is 0.268 e. The molecule has 22 heavy (non-hydrogen) atoms. The van der Waals surface area contributed by atoms with E-state index in [0.29, 0.717) is 30.4 Å². The fraction of sp³-hybridized carbons (Fsp3) is 0.438. The quantitative estimate of drug-likeness (QED) is 0.861. The molecule has 0 spiro atoms. The molecule has 0 saturated heterocycles. The lowest BCUT2D eigenvalue weighted by atomic mass is 10.2. The third-order valence-electron chi connectivity index (χ3n) is 3.93. The highest BCUT2D eigenvalue weighted by Crippen LogP contribution is 2.38. The van der Waals surface area contributed by atoms with Crippen LogP contribution in [0.25, 0.3) is 10.9 Å². The van der Waals surface area contributed by atoms with Gasteiger partial charge in [0.25, 0.3) is 5.91 Å². The largest absolute Gasteiger partial charge is 0.486 e. The van der Waals surface area contributed by atoms with Crippen LogP contribution >= 0.6 is 11.6 Å². The van der Waals surface area contributed by atoms with Gasteiger partial charge in [0.15, 0.2) is 0 Å². The van der Waals surface area contributed by atoms with Gasteiger partial charge in [0.2, 0.25) is 0 Å². The average Bonchev–Trinajstić information content (AvgIpc) is 2.92. The molecule has 2 aromatic rings. The predicted molar refractivity (Wildman–Crippen MR) is 85.9 cm³/mol. The van der Waals surface area contributed by atoms with E-state index in [2.05, 4.69) is 12.2 Å². The van der Waals surface area contributed by atoms with Crippen molar-refractivity contribution < 1.29 is 14.3 Å². The molecule has 0 aliphatic carbocycles. The predicted octanol–water partition coefficient (Wildman–Crippen LogP) is 2.84. The molecule has 1 amide bonds. The van der Waals surface area contributed by atoms with E-state index in [-0.39, 0.29) is 12.0 Å². The zero-order chi connectivity index (χ0) is 15.7. The molecule has 1 N–H and O–H groups in total. The molecule has 1 aromatic heterocycles. The van der Waals surface area contributed by atoms with Crippen molar-refractivity contribution in [2.75, 3.05) is 20.3 Å². The molecule has 1 aliphatic heterocycles. The van der Waals surface area contributed by atoms with Crippen LogP contribution in [0.3, 0.4) is 0 Å². The number of aromatic nitrogens is 1. The zero-order valence-electron chi connectivity index (χ0n) is 12.7. The summed E-state index contributed by atoms with van der Waals surface area (Å²) >= 11 is 6.28. The Morgan fingerprint density at radius 1 is 1.55 bits per heavy atom. The summed E-state index contributed by atoms with van der Waals surface area (Å²) in [6.07, 6.45) is 0.946. The third kappa shape index (κ3) is 2.55. The summed E-state index contributed by atoms with van der Waals surface area (Å²) in [5.41, 5.74) is 1.51. The molecule has 0 radical (unpaired) electrons. The summed E-state index contributed by atoms with van der Waals surface area (Å²) in [6, 6.07) is 5.52. The van der Waals surface area contributed by atoms with Crippen molar-refractivity contribution in [3.05, 3.63) is 28.9 Å². The second kappa shape index (κ2) is 6.18. The van der Waals surface area contributed by atoms with Crippen LogP contribution in [0.4, 0.5) is 0 Å². The van der Waals surface area contributed by atoms with E-state index >= 15 is 0 Å². The van der Waals surface area contributed by atoms with Crippen LogP contribution in [0.15, 0.2) is 18.2 Å². The Kier molecular flexibility index (Phi) is 4.27. The molecule has 0 saturated carbocycles. The van der Waals surface area contributed by atoms with Crippen LogP contribution < -0.4 is 10.1 Å². The molecule has 1 aromatic carbocycles. The number of carbonyl (C=O) groups excluding carboxylic acids is 1. The van der Waals surface area contributed by atoms with Gasteiger partial charge in [-0.05, 0) is 24.6 Å². The Balaban J connectivity index is 2.03. The maximum atomic E-state index is 12.4. The zero-order valence-corrected chi connectivity index (χ0v) is 13.4. The first kappa shape index (κ1) is 15.2. The van der Waals surface area contributed by atoms with Crippen molar-refractivity contribution in [3.63, 3.8) is 0 Å². The van der Waals surface area contributed by atoms with E-state index in [9.17, 15) is 4.79 Å². The number of rotatable bonds is 5. The minimum atomic E-state index is -0.119. The molecule has 5 nitrogen and oxygen atoms in total. The van der Waals surface area contributed by atoms with Gasteiger partial charge in [-0.1, -0.05) is 18.5 Å². The molecule has 0 bridgehead atoms. The van der Waals surface area contributed by atoms with E-state index < -0.39 is 0 Å². The minimum absolute atomic E-state index is 0.0646. The number of carbonyl (C=O) groups is 1. The van der Waals surface area contributed by atoms with Crippen LogP contribution in [0.5, 0.6) is 5.75 Å². The summed E-state index contributed by atoms with van der Waals surface area (Å²) in [7, 11) is 1.61. The van der Waals surface area contributed by atoms with E-state index in [4.69, 9.17) is 21.1 Å². The lowest BCUT2D eigenvalue weighted by molar-refractivity contribution is 0.0921. The van der Waals surface area contributed by atoms with Crippen molar-refractivity contribution >= 4 is 28.4 Å². The van der Waals surface area contributed by atoms with E-state index in [0.717, 1.165) is 23.1 Å². The van der Waals surface area contributed by atoms with Crippen molar-refractivity contribution in [1.82, 2.24) is 9.88 Å². The molecule has 0 fully saturated rings. The van der Waals surface area contributed by atoms with Gasteiger partial charge in [-0.3, -0.25) is 4.79 Å². The Bertz CT molecular complexity index is 711. The van der Waals surface area contributed by atoms with Gasteiger partial charge in [-0.15, -0.1) is 0 Å². The summed E-state index contributed by atoms with van der Waals surface area (Å²) in [6.45, 7) is 3.69. The number of nitrogens with one attached hydrogen (secondary N) is 1. The molecule has 3 rings (SSSR count). The highest BCUT2D eigenvalue weighted by atomic mass is 35.5. The van der Waals surface area contributed by atoms with E-state index in [1.54, 1.807) is 7.11 Å². The van der Waals surface area contributed by atoms with Gasteiger partial charge in [0.1, 0.15) is 17.5 Å². The third-order valence-corrected chi connectivity index (χ3v) is 4.26. The van der Waals surface area contributed by atoms with Crippen LogP contribution in [0.2, 0.25) is 5.02 Å². The number of hydrogen-bond donors (Lipinski definition) is 1. The summed E-state index contributed by atoms with van der Waals surface area (Å²) < 4.78 is 12.9. The van der Waals surface area contributed by atoms with Crippen molar-refractivity contribution in [2.45, 2.75) is 26.0 Å². The second-order valence-corrected chi connectivity index (χ2v) is 5.75. The summed E-state index contributed by atoms with van der Waals surface area (Å²) in [5.74, 6) is 0.667. The normalized spacial score (nSPS) is 16.6. The van der Waals surface area contributed by atoms with Crippen molar-refractivity contribution in [1.29, 1.82) is 0 Å². The second-order valence-electron chi connectivity index (χ2n) is 5.34. The van der Waals surface area contributed by atoms with E-state index in [1.807, 2.05) is 22.8 Å². The highest BCUT2D eigenvalue weighted by molar-refractivity contribution is 6.36. The number of halogens is 1. The van der Waals surface area contributed by atoms with Crippen molar-refractivity contribution in [2.24, 2.45) is 0 Å². The van der Waals surface area contributed by atoms with E-state index in [1.165, 1.54) is 0 Å². The first-order valence-corrected chi connectivity index (χ1v) is 7.79.